The van der Waals surface area contributed by atoms with E-state index in [0.29, 0.717) is 15.6 Å². The van der Waals surface area contributed by atoms with E-state index in [0.717, 1.165) is 10.0 Å². The van der Waals surface area contributed by atoms with Gasteiger partial charge in [-0.05, 0) is 48.0 Å². The molecule has 7 heteroatoms. The van der Waals surface area contributed by atoms with Crippen molar-refractivity contribution in [1.82, 2.24) is 10.0 Å². The van der Waals surface area contributed by atoms with E-state index in [1.54, 1.807) is 72.8 Å². The van der Waals surface area contributed by atoms with Crippen LogP contribution in [-0.4, -0.2) is 27.7 Å². The van der Waals surface area contributed by atoms with Crippen LogP contribution in [0.3, 0.4) is 0 Å². The molecule has 0 N–H and O–H groups in total. The van der Waals surface area contributed by atoms with Crippen molar-refractivity contribution in [2.45, 2.75) is 6.54 Å². The first-order valence-electron chi connectivity index (χ1n) is 8.76. The molecule has 0 bridgehead atoms. The SMILES string of the molecule is O=C(c1ccc(Cl)cc1)N(Cc1ccccc1Cl)N1C(=O)c2ccccc2C1=O. The Kier molecular flexibility index (Phi) is 5.09. The van der Waals surface area contributed by atoms with Crippen molar-refractivity contribution >= 4 is 40.9 Å². The molecule has 0 aromatic heterocycles. The fourth-order valence-corrected chi connectivity index (χ4v) is 3.48. The molecule has 3 amide bonds. The third-order valence-corrected chi connectivity index (χ3v) is 5.24. The second kappa shape index (κ2) is 7.70. The highest BCUT2D eigenvalue weighted by atomic mass is 35.5. The van der Waals surface area contributed by atoms with Crippen molar-refractivity contribution in [3.63, 3.8) is 0 Å². The Bertz CT molecular complexity index is 1090. The van der Waals surface area contributed by atoms with Crippen molar-refractivity contribution in [3.05, 3.63) is 105 Å². The van der Waals surface area contributed by atoms with Crippen LogP contribution in [0.2, 0.25) is 10.0 Å². The highest BCUT2D eigenvalue weighted by molar-refractivity contribution is 6.31. The van der Waals surface area contributed by atoms with E-state index < -0.39 is 17.7 Å². The Morgan fingerprint density at radius 2 is 1.34 bits per heavy atom. The van der Waals surface area contributed by atoms with Gasteiger partial charge in [0.15, 0.2) is 0 Å². The van der Waals surface area contributed by atoms with Gasteiger partial charge in [0.2, 0.25) is 0 Å². The molecule has 0 atom stereocenters. The van der Waals surface area contributed by atoms with E-state index in [1.165, 1.54) is 0 Å². The summed E-state index contributed by atoms with van der Waals surface area (Å²) in [6, 6.07) is 19.7. The summed E-state index contributed by atoms with van der Waals surface area (Å²) in [6.45, 7) is -0.0490. The highest BCUT2D eigenvalue weighted by Crippen LogP contribution is 2.28. The molecule has 5 nitrogen and oxygen atoms in total. The Labute approximate surface area is 177 Å². The van der Waals surface area contributed by atoms with Crippen LogP contribution in [0.15, 0.2) is 72.8 Å². The van der Waals surface area contributed by atoms with Crippen LogP contribution in [0.5, 0.6) is 0 Å². The van der Waals surface area contributed by atoms with Crippen LogP contribution in [0, 0.1) is 0 Å². The maximum absolute atomic E-state index is 13.3. The quantitative estimate of drug-likeness (QED) is 0.562. The van der Waals surface area contributed by atoms with Gasteiger partial charge in [0, 0.05) is 15.6 Å². The molecule has 0 aliphatic carbocycles. The summed E-state index contributed by atoms with van der Waals surface area (Å²) in [5.74, 6) is -1.63. The Balaban J connectivity index is 1.77. The predicted octanol–water partition coefficient (Wildman–Crippen LogP) is 4.85. The summed E-state index contributed by atoms with van der Waals surface area (Å²) < 4.78 is 0. The van der Waals surface area contributed by atoms with Crippen molar-refractivity contribution in [2.75, 3.05) is 0 Å². The van der Waals surface area contributed by atoms with E-state index in [2.05, 4.69) is 0 Å². The molecule has 1 aliphatic rings. The number of amides is 3. The van der Waals surface area contributed by atoms with Gasteiger partial charge in [-0.3, -0.25) is 14.4 Å². The average Bonchev–Trinajstić information content (AvgIpc) is 2.98. The number of carbonyl (C=O) groups is 3. The normalized spacial score (nSPS) is 12.8. The standard InChI is InChI=1S/C22H14Cl2N2O3/c23-16-11-9-14(10-12-16)20(27)25(13-15-5-1-4-8-19(15)24)26-21(28)17-6-2-3-7-18(17)22(26)29/h1-12H,13H2. The van der Waals surface area contributed by atoms with Crippen molar-refractivity contribution < 1.29 is 14.4 Å². The van der Waals surface area contributed by atoms with E-state index in [-0.39, 0.29) is 23.2 Å². The Hall–Kier alpha value is -3.15. The largest absolute Gasteiger partial charge is 0.280 e. The van der Waals surface area contributed by atoms with Gasteiger partial charge in [0.05, 0.1) is 17.7 Å². The summed E-state index contributed by atoms with van der Waals surface area (Å²) in [5.41, 5.74) is 1.40. The summed E-state index contributed by atoms with van der Waals surface area (Å²) in [6.07, 6.45) is 0. The number of nitrogens with zero attached hydrogens (tertiary/aromatic N) is 2. The molecule has 0 saturated carbocycles. The number of imide groups is 1. The first kappa shape index (κ1) is 19.2. The molecular weight excluding hydrogens is 411 g/mol. The number of benzene rings is 3. The molecule has 1 heterocycles. The van der Waals surface area contributed by atoms with Crippen LogP contribution in [0.1, 0.15) is 36.6 Å². The van der Waals surface area contributed by atoms with E-state index >= 15 is 0 Å². The maximum atomic E-state index is 13.3. The molecule has 0 spiro atoms. The summed E-state index contributed by atoms with van der Waals surface area (Å²) >= 11 is 12.2. The number of carbonyl (C=O) groups excluding carboxylic acids is 3. The second-order valence-corrected chi connectivity index (χ2v) is 7.27. The summed E-state index contributed by atoms with van der Waals surface area (Å²) in [4.78, 5) is 39.2. The lowest BCUT2D eigenvalue weighted by atomic mass is 10.1. The molecule has 29 heavy (non-hydrogen) atoms. The Morgan fingerprint density at radius 3 is 1.93 bits per heavy atom. The minimum Gasteiger partial charge on any atom is -0.267 e. The van der Waals surface area contributed by atoms with Gasteiger partial charge in [-0.2, -0.15) is 5.01 Å². The van der Waals surface area contributed by atoms with Gasteiger partial charge < -0.3 is 0 Å². The summed E-state index contributed by atoms with van der Waals surface area (Å²) in [7, 11) is 0. The average molecular weight is 425 g/mol. The lowest BCUT2D eigenvalue weighted by molar-refractivity contribution is 0.000878. The van der Waals surface area contributed by atoms with E-state index in [1.807, 2.05) is 0 Å². The number of hydrogen-bond acceptors (Lipinski definition) is 3. The summed E-state index contributed by atoms with van der Waals surface area (Å²) in [5, 5.41) is 2.90. The van der Waals surface area contributed by atoms with Crippen molar-refractivity contribution in [2.24, 2.45) is 0 Å². The third-order valence-electron chi connectivity index (χ3n) is 4.62. The first-order valence-corrected chi connectivity index (χ1v) is 9.51. The van der Waals surface area contributed by atoms with Gasteiger partial charge >= 0.3 is 0 Å². The molecular formula is C22H14Cl2N2O3. The number of hydrazine groups is 1. The molecule has 0 saturated heterocycles. The second-order valence-electron chi connectivity index (χ2n) is 6.43. The van der Waals surface area contributed by atoms with Gasteiger partial charge in [0.25, 0.3) is 17.7 Å². The monoisotopic (exact) mass is 424 g/mol. The molecule has 1 aliphatic heterocycles. The van der Waals surface area contributed by atoms with Crippen LogP contribution >= 0.6 is 23.2 Å². The van der Waals surface area contributed by atoms with Gasteiger partial charge in [-0.1, -0.05) is 53.5 Å². The van der Waals surface area contributed by atoms with Crippen LogP contribution in [-0.2, 0) is 6.54 Å². The highest BCUT2D eigenvalue weighted by Gasteiger charge is 2.41. The lowest BCUT2D eigenvalue weighted by Gasteiger charge is -2.30. The smallest absolute Gasteiger partial charge is 0.267 e. The predicted molar refractivity (Wildman–Crippen MR) is 110 cm³/mol. The molecule has 0 radical (unpaired) electrons. The molecule has 3 aromatic carbocycles. The fraction of sp³-hybridized carbons (Fsp3) is 0.0455. The van der Waals surface area contributed by atoms with Crippen LogP contribution in [0.25, 0.3) is 0 Å². The zero-order valence-corrected chi connectivity index (χ0v) is 16.5. The maximum Gasteiger partial charge on any atom is 0.280 e. The molecule has 0 fully saturated rings. The number of fused-ring (bicyclic) bond motifs is 1. The van der Waals surface area contributed by atoms with Crippen molar-refractivity contribution in [1.29, 1.82) is 0 Å². The third kappa shape index (κ3) is 3.50. The minimum atomic E-state index is -0.556. The molecule has 0 unspecified atom stereocenters. The van der Waals surface area contributed by atoms with Crippen LogP contribution in [0.4, 0.5) is 0 Å². The van der Waals surface area contributed by atoms with Crippen LogP contribution < -0.4 is 0 Å². The van der Waals surface area contributed by atoms with Gasteiger partial charge in [-0.25, -0.2) is 5.01 Å². The molecule has 144 valence electrons. The van der Waals surface area contributed by atoms with E-state index in [4.69, 9.17) is 23.2 Å². The van der Waals surface area contributed by atoms with Crippen molar-refractivity contribution in [3.8, 4) is 0 Å². The lowest BCUT2D eigenvalue weighted by Crippen LogP contribution is -2.49. The number of hydrogen-bond donors (Lipinski definition) is 0. The van der Waals surface area contributed by atoms with Gasteiger partial charge in [0.1, 0.15) is 0 Å². The fourth-order valence-electron chi connectivity index (χ4n) is 3.16. The zero-order valence-electron chi connectivity index (χ0n) is 15.0. The zero-order chi connectivity index (χ0) is 20.5. The van der Waals surface area contributed by atoms with E-state index in [9.17, 15) is 14.4 Å². The first-order chi connectivity index (χ1) is 14.0. The molecule has 3 aromatic rings. The Morgan fingerprint density at radius 1 is 0.793 bits per heavy atom. The van der Waals surface area contributed by atoms with Gasteiger partial charge in [-0.15, -0.1) is 0 Å². The topological polar surface area (TPSA) is 57.7 Å². The number of halogens is 2. The molecule has 4 rings (SSSR count). The minimum absolute atomic E-state index is 0.0490. The number of rotatable bonds is 4.